The van der Waals surface area contributed by atoms with Crippen LogP contribution in [0.15, 0.2) is 35.7 Å². The molecule has 1 amide bonds. The van der Waals surface area contributed by atoms with Crippen LogP contribution < -0.4 is 10.1 Å². The Kier molecular flexibility index (Phi) is 5.36. The first-order valence-corrected chi connectivity index (χ1v) is 9.76. The predicted octanol–water partition coefficient (Wildman–Crippen LogP) is 3.65. The standard InChI is InChI=1S/C19H16F2N6O2S/c1-10-7-11(2)27-18(22-10)24-15(26-27)8-16(28)25-19-23-13(9-30-19)12-5-3-4-6-14(12)29-17(20)21/h3-7,9,17H,8H2,1-2H3,(H,23,25,28). The van der Waals surface area contributed by atoms with Crippen molar-refractivity contribution in [2.24, 2.45) is 0 Å². The molecule has 4 rings (SSSR count). The molecule has 3 heterocycles. The molecule has 0 aliphatic rings. The van der Waals surface area contributed by atoms with E-state index in [0.717, 1.165) is 11.4 Å². The molecular weight excluding hydrogens is 414 g/mol. The largest absolute Gasteiger partial charge is 0.434 e. The topological polar surface area (TPSA) is 94.3 Å². The molecule has 154 valence electrons. The van der Waals surface area contributed by atoms with Crippen LogP contribution in [0.4, 0.5) is 13.9 Å². The van der Waals surface area contributed by atoms with Crippen molar-refractivity contribution in [3.8, 4) is 17.0 Å². The van der Waals surface area contributed by atoms with Gasteiger partial charge in [-0.3, -0.25) is 4.79 Å². The molecule has 1 N–H and O–H groups in total. The van der Waals surface area contributed by atoms with Gasteiger partial charge in [-0.1, -0.05) is 12.1 Å². The Balaban J connectivity index is 1.48. The smallest absolute Gasteiger partial charge is 0.387 e. The maximum absolute atomic E-state index is 12.6. The monoisotopic (exact) mass is 430 g/mol. The van der Waals surface area contributed by atoms with E-state index in [0.29, 0.717) is 28.0 Å². The molecule has 0 spiro atoms. The number of hydrogen-bond acceptors (Lipinski definition) is 7. The van der Waals surface area contributed by atoms with Gasteiger partial charge in [0, 0.05) is 22.3 Å². The van der Waals surface area contributed by atoms with E-state index in [4.69, 9.17) is 0 Å². The summed E-state index contributed by atoms with van der Waals surface area (Å²) in [6.07, 6.45) is -0.0537. The van der Waals surface area contributed by atoms with Crippen molar-refractivity contribution < 1.29 is 18.3 Å². The maximum atomic E-state index is 12.6. The minimum Gasteiger partial charge on any atom is -0.434 e. The van der Waals surface area contributed by atoms with Crippen LogP contribution in [0.2, 0.25) is 0 Å². The minimum atomic E-state index is -2.94. The summed E-state index contributed by atoms with van der Waals surface area (Å²) in [5.74, 6) is 0.435. The van der Waals surface area contributed by atoms with Crippen molar-refractivity contribution in [1.82, 2.24) is 24.6 Å². The summed E-state index contributed by atoms with van der Waals surface area (Å²) in [5, 5.41) is 8.97. The lowest BCUT2D eigenvalue weighted by Crippen LogP contribution is -2.15. The van der Waals surface area contributed by atoms with E-state index in [2.05, 4.69) is 30.1 Å². The number of nitrogens with zero attached hydrogens (tertiary/aromatic N) is 5. The first-order chi connectivity index (χ1) is 14.4. The van der Waals surface area contributed by atoms with Gasteiger partial charge in [0.1, 0.15) is 5.75 Å². The summed E-state index contributed by atoms with van der Waals surface area (Å²) < 4.78 is 31.3. The first kappa shape index (κ1) is 19.8. The molecular formula is C19H16F2N6O2S. The number of amides is 1. The number of hydrogen-bond donors (Lipinski definition) is 1. The fourth-order valence-electron chi connectivity index (χ4n) is 2.92. The second kappa shape index (κ2) is 8.11. The molecule has 11 heteroatoms. The van der Waals surface area contributed by atoms with Crippen LogP contribution >= 0.6 is 11.3 Å². The van der Waals surface area contributed by atoms with Gasteiger partial charge in [-0.15, -0.1) is 16.4 Å². The van der Waals surface area contributed by atoms with Gasteiger partial charge in [-0.2, -0.15) is 13.8 Å². The summed E-state index contributed by atoms with van der Waals surface area (Å²) in [6, 6.07) is 8.22. The number of carbonyl (C=O) groups excluding carboxylic acids is 1. The third-order valence-corrected chi connectivity index (χ3v) is 4.87. The molecule has 4 aromatic rings. The van der Waals surface area contributed by atoms with E-state index in [9.17, 15) is 13.6 Å². The zero-order valence-electron chi connectivity index (χ0n) is 16.0. The number of para-hydroxylation sites is 1. The maximum Gasteiger partial charge on any atom is 0.387 e. The molecule has 3 aromatic heterocycles. The average Bonchev–Trinajstić information content (AvgIpc) is 3.28. The summed E-state index contributed by atoms with van der Waals surface area (Å²) in [6.45, 7) is 0.801. The van der Waals surface area contributed by atoms with Crippen LogP contribution in [-0.2, 0) is 11.2 Å². The minimum absolute atomic E-state index is 0.0164. The highest BCUT2D eigenvalue weighted by atomic mass is 32.1. The lowest BCUT2D eigenvalue weighted by Gasteiger charge is -2.08. The number of ether oxygens (including phenoxy) is 1. The quantitative estimate of drug-likeness (QED) is 0.502. The Bertz CT molecular complexity index is 1220. The van der Waals surface area contributed by atoms with Crippen molar-refractivity contribution in [3.63, 3.8) is 0 Å². The van der Waals surface area contributed by atoms with Gasteiger partial charge < -0.3 is 10.1 Å². The average molecular weight is 430 g/mol. The van der Waals surface area contributed by atoms with E-state index in [1.807, 2.05) is 19.9 Å². The van der Waals surface area contributed by atoms with E-state index >= 15 is 0 Å². The highest BCUT2D eigenvalue weighted by Gasteiger charge is 2.16. The number of rotatable bonds is 6. The number of thiazole rings is 1. The van der Waals surface area contributed by atoms with Crippen molar-refractivity contribution in [2.75, 3.05) is 5.32 Å². The summed E-state index contributed by atoms with van der Waals surface area (Å²) in [7, 11) is 0. The van der Waals surface area contributed by atoms with Gasteiger partial charge in [0.2, 0.25) is 5.91 Å². The molecule has 8 nitrogen and oxygen atoms in total. The molecule has 0 saturated heterocycles. The number of fused-ring (bicyclic) bond motifs is 1. The van der Waals surface area contributed by atoms with Crippen LogP contribution in [-0.4, -0.2) is 37.1 Å². The Morgan fingerprint density at radius 3 is 2.83 bits per heavy atom. The van der Waals surface area contributed by atoms with Gasteiger partial charge >= 0.3 is 6.61 Å². The van der Waals surface area contributed by atoms with Crippen LogP contribution in [0.25, 0.3) is 17.0 Å². The number of halogens is 2. The molecule has 0 fully saturated rings. The van der Waals surface area contributed by atoms with Crippen molar-refractivity contribution in [3.05, 3.63) is 52.9 Å². The van der Waals surface area contributed by atoms with Gasteiger partial charge in [0.15, 0.2) is 11.0 Å². The number of benzene rings is 1. The number of alkyl halides is 2. The van der Waals surface area contributed by atoms with E-state index in [1.54, 1.807) is 28.1 Å². The van der Waals surface area contributed by atoms with Crippen molar-refractivity contribution in [1.29, 1.82) is 0 Å². The highest BCUT2D eigenvalue weighted by Crippen LogP contribution is 2.33. The van der Waals surface area contributed by atoms with Crippen LogP contribution in [0.1, 0.15) is 17.2 Å². The molecule has 0 aliphatic heterocycles. The number of nitrogens with one attached hydrogen (secondary N) is 1. The predicted molar refractivity (Wildman–Crippen MR) is 107 cm³/mol. The second-order valence-electron chi connectivity index (χ2n) is 6.42. The molecule has 30 heavy (non-hydrogen) atoms. The van der Waals surface area contributed by atoms with Gasteiger partial charge in [0.05, 0.1) is 12.1 Å². The molecule has 1 aromatic carbocycles. The van der Waals surface area contributed by atoms with Crippen LogP contribution in [0.3, 0.4) is 0 Å². The lowest BCUT2D eigenvalue weighted by molar-refractivity contribution is -0.115. The van der Waals surface area contributed by atoms with Gasteiger partial charge in [-0.05, 0) is 32.0 Å². The summed E-state index contributed by atoms with van der Waals surface area (Å²) >= 11 is 1.18. The first-order valence-electron chi connectivity index (χ1n) is 8.88. The third-order valence-electron chi connectivity index (χ3n) is 4.11. The molecule has 0 radical (unpaired) electrons. The molecule has 0 atom stereocenters. The zero-order valence-corrected chi connectivity index (χ0v) is 16.8. The molecule has 0 bridgehead atoms. The lowest BCUT2D eigenvalue weighted by atomic mass is 10.1. The molecule has 0 saturated carbocycles. The normalized spacial score (nSPS) is 11.2. The summed E-state index contributed by atoms with van der Waals surface area (Å²) in [5.41, 5.74) is 2.52. The Morgan fingerprint density at radius 2 is 2.03 bits per heavy atom. The summed E-state index contributed by atoms with van der Waals surface area (Å²) in [4.78, 5) is 25.3. The third kappa shape index (κ3) is 4.25. The van der Waals surface area contributed by atoms with Crippen LogP contribution in [0.5, 0.6) is 5.75 Å². The fourth-order valence-corrected chi connectivity index (χ4v) is 3.65. The Labute approximate surface area is 173 Å². The molecule has 0 aliphatic carbocycles. The zero-order chi connectivity index (χ0) is 21.3. The number of aromatic nitrogens is 5. The van der Waals surface area contributed by atoms with E-state index in [-0.39, 0.29) is 18.1 Å². The van der Waals surface area contributed by atoms with E-state index < -0.39 is 6.61 Å². The Morgan fingerprint density at radius 1 is 1.23 bits per heavy atom. The van der Waals surface area contributed by atoms with E-state index in [1.165, 1.54) is 17.4 Å². The van der Waals surface area contributed by atoms with Crippen molar-refractivity contribution in [2.45, 2.75) is 26.9 Å². The second-order valence-corrected chi connectivity index (χ2v) is 7.27. The SMILES string of the molecule is Cc1cc(C)n2nc(CC(=O)Nc3nc(-c4ccccc4OC(F)F)cs3)nc2n1. The van der Waals surface area contributed by atoms with Gasteiger partial charge in [0.25, 0.3) is 5.78 Å². The fraction of sp³-hybridized carbons (Fsp3) is 0.211. The van der Waals surface area contributed by atoms with Crippen molar-refractivity contribution >= 4 is 28.2 Å². The Hall–Kier alpha value is -3.47. The van der Waals surface area contributed by atoms with Crippen LogP contribution in [0, 0.1) is 13.8 Å². The number of aryl methyl sites for hydroxylation is 2. The molecule has 0 unspecified atom stereocenters. The highest BCUT2D eigenvalue weighted by molar-refractivity contribution is 7.14. The number of carbonyl (C=O) groups is 1. The van der Waals surface area contributed by atoms with Gasteiger partial charge in [-0.25, -0.2) is 14.5 Å². The number of anilines is 1.